The van der Waals surface area contributed by atoms with Gasteiger partial charge in [-0.25, -0.2) is 4.68 Å². The topological polar surface area (TPSA) is 75.5 Å². The largest absolute Gasteiger partial charge is 0.341 e. The average molecular weight is 380 g/mol. The van der Waals surface area contributed by atoms with Gasteiger partial charge in [-0.05, 0) is 37.0 Å². The lowest BCUT2D eigenvalue weighted by atomic mass is 10.2. The minimum Gasteiger partial charge on any atom is -0.341 e. The lowest BCUT2D eigenvalue weighted by molar-refractivity contribution is -0.132. The maximum atomic E-state index is 13.0. The number of amides is 2. The Morgan fingerprint density at radius 3 is 2.46 bits per heavy atom. The monoisotopic (exact) mass is 380 g/mol. The molecular formula is C21H24N4O3. The highest BCUT2D eigenvalue weighted by Crippen LogP contribution is 2.28. The Kier molecular flexibility index (Phi) is 5.23. The van der Waals surface area contributed by atoms with Gasteiger partial charge < -0.3 is 9.80 Å². The molecular weight excluding hydrogens is 356 g/mol. The Hall–Kier alpha value is -2.96. The SMILES string of the molecule is O=C(Cn1nc(C(=O)N2CCc3ccccc32)ccc1=O)N1CCCCCC1. The third-order valence-electron chi connectivity index (χ3n) is 5.46. The first-order chi connectivity index (χ1) is 13.6. The van der Waals surface area contributed by atoms with Crippen LogP contribution in [-0.2, 0) is 17.8 Å². The molecule has 7 heteroatoms. The Balaban J connectivity index is 1.53. The van der Waals surface area contributed by atoms with Gasteiger partial charge in [-0.3, -0.25) is 14.4 Å². The van der Waals surface area contributed by atoms with Crippen LogP contribution in [0.25, 0.3) is 0 Å². The highest BCUT2D eigenvalue weighted by atomic mass is 16.2. The summed E-state index contributed by atoms with van der Waals surface area (Å²) < 4.78 is 1.11. The molecule has 2 aliphatic heterocycles. The molecule has 3 heterocycles. The number of fused-ring (bicyclic) bond motifs is 1. The normalized spacial score (nSPS) is 16.6. The molecule has 2 aliphatic rings. The van der Waals surface area contributed by atoms with Crippen LogP contribution >= 0.6 is 0 Å². The minimum atomic E-state index is -0.374. The van der Waals surface area contributed by atoms with Crippen LogP contribution in [0.1, 0.15) is 41.7 Å². The Labute approximate surface area is 163 Å². The molecule has 0 spiro atoms. The number of nitrogens with zero attached hydrogens (tertiary/aromatic N) is 4. The van der Waals surface area contributed by atoms with Crippen molar-refractivity contribution in [1.29, 1.82) is 0 Å². The van der Waals surface area contributed by atoms with E-state index in [-0.39, 0.29) is 29.6 Å². The van der Waals surface area contributed by atoms with Gasteiger partial charge in [0, 0.05) is 31.4 Å². The summed E-state index contributed by atoms with van der Waals surface area (Å²) in [6.07, 6.45) is 5.03. The summed E-state index contributed by atoms with van der Waals surface area (Å²) in [5, 5.41) is 4.21. The smallest absolute Gasteiger partial charge is 0.278 e. The predicted octanol–water partition coefficient (Wildman–Crippen LogP) is 1.85. The van der Waals surface area contributed by atoms with Crippen LogP contribution in [0.3, 0.4) is 0 Å². The number of likely N-dealkylation sites (tertiary alicyclic amines) is 1. The molecule has 146 valence electrons. The first-order valence-electron chi connectivity index (χ1n) is 9.89. The van der Waals surface area contributed by atoms with E-state index in [4.69, 9.17) is 0 Å². The number of hydrogen-bond donors (Lipinski definition) is 0. The van der Waals surface area contributed by atoms with E-state index in [0.717, 1.165) is 61.1 Å². The molecule has 1 saturated heterocycles. The van der Waals surface area contributed by atoms with Crippen LogP contribution in [0, 0.1) is 0 Å². The first-order valence-corrected chi connectivity index (χ1v) is 9.89. The van der Waals surface area contributed by atoms with E-state index in [0.29, 0.717) is 6.54 Å². The van der Waals surface area contributed by atoms with Crippen LogP contribution < -0.4 is 10.5 Å². The Morgan fingerprint density at radius 2 is 1.68 bits per heavy atom. The fraction of sp³-hybridized carbons (Fsp3) is 0.429. The number of rotatable bonds is 3. The number of aromatic nitrogens is 2. The highest BCUT2D eigenvalue weighted by molar-refractivity contribution is 6.05. The predicted molar refractivity (Wildman–Crippen MR) is 105 cm³/mol. The van der Waals surface area contributed by atoms with Gasteiger partial charge >= 0.3 is 0 Å². The zero-order valence-electron chi connectivity index (χ0n) is 15.8. The van der Waals surface area contributed by atoms with E-state index in [9.17, 15) is 14.4 Å². The number of para-hydroxylation sites is 1. The fourth-order valence-corrected chi connectivity index (χ4v) is 3.91. The highest BCUT2D eigenvalue weighted by Gasteiger charge is 2.26. The number of hydrogen-bond acceptors (Lipinski definition) is 4. The van der Waals surface area contributed by atoms with Gasteiger partial charge in [0.2, 0.25) is 5.91 Å². The number of carbonyl (C=O) groups excluding carboxylic acids is 2. The molecule has 0 N–H and O–H groups in total. The second-order valence-corrected chi connectivity index (χ2v) is 7.34. The van der Waals surface area contributed by atoms with Gasteiger partial charge in [0.25, 0.3) is 11.5 Å². The molecule has 0 saturated carbocycles. The molecule has 4 rings (SSSR count). The molecule has 2 amide bonds. The van der Waals surface area contributed by atoms with Crippen LogP contribution in [0.4, 0.5) is 5.69 Å². The lowest BCUT2D eigenvalue weighted by Crippen LogP contribution is -2.39. The maximum Gasteiger partial charge on any atom is 0.278 e. The van der Waals surface area contributed by atoms with E-state index >= 15 is 0 Å². The molecule has 7 nitrogen and oxygen atoms in total. The average Bonchev–Trinajstić information content (AvgIpc) is 2.94. The minimum absolute atomic E-state index is 0.118. The van der Waals surface area contributed by atoms with E-state index < -0.39 is 0 Å². The zero-order chi connectivity index (χ0) is 19.5. The quantitative estimate of drug-likeness (QED) is 0.814. The zero-order valence-corrected chi connectivity index (χ0v) is 15.8. The molecule has 0 bridgehead atoms. The molecule has 1 aromatic carbocycles. The summed E-state index contributed by atoms with van der Waals surface area (Å²) in [5.41, 5.74) is 1.81. The van der Waals surface area contributed by atoms with Gasteiger partial charge in [0.1, 0.15) is 12.2 Å². The summed E-state index contributed by atoms with van der Waals surface area (Å²) in [6, 6.07) is 10.5. The van der Waals surface area contributed by atoms with Crippen molar-refractivity contribution in [3.05, 3.63) is 58.0 Å². The fourth-order valence-electron chi connectivity index (χ4n) is 3.91. The van der Waals surface area contributed by atoms with Crippen LogP contribution in [0.15, 0.2) is 41.2 Å². The summed E-state index contributed by atoms with van der Waals surface area (Å²) in [4.78, 5) is 41.2. The number of anilines is 1. The second kappa shape index (κ2) is 7.96. The summed E-state index contributed by atoms with van der Waals surface area (Å²) in [7, 11) is 0. The van der Waals surface area contributed by atoms with Crippen molar-refractivity contribution in [3.8, 4) is 0 Å². The van der Waals surface area contributed by atoms with Gasteiger partial charge in [-0.15, -0.1) is 0 Å². The molecule has 0 unspecified atom stereocenters. The van der Waals surface area contributed by atoms with E-state index in [1.165, 1.54) is 12.1 Å². The van der Waals surface area contributed by atoms with Crippen LogP contribution in [0.2, 0.25) is 0 Å². The van der Waals surface area contributed by atoms with Crippen molar-refractivity contribution in [3.63, 3.8) is 0 Å². The van der Waals surface area contributed by atoms with Gasteiger partial charge in [0.15, 0.2) is 0 Å². The number of carbonyl (C=O) groups is 2. The van der Waals surface area contributed by atoms with Crippen molar-refractivity contribution < 1.29 is 9.59 Å². The van der Waals surface area contributed by atoms with Gasteiger partial charge in [0.05, 0.1) is 0 Å². The van der Waals surface area contributed by atoms with Crippen molar-refractivity contribution >= 4 is 17.5 Å². The Morgan fingerprint density at radius 1 is 0.929 bits per heavy atom. The maximum absolute atomic E-state index is 13.0. The lowest BCUT2D eigenvalue weighted by Gasteiger charge is -2.21. The summed E-state index contributed by atoms with van der Waals surface area (Å²) in [5.74, 6) is -0.367. The van der Waals surface area contributed by atoms with Crippen molar-refractivity contribution in [2.24, 2.45) is 0 Å². The third kappa shape index (κ3) is 3.69. The van der Waals surface area contributed by atoms with Crippen molar-refractivity contribution in [2.45, 2.75) is 38.6 Å². The van der Waals surface area contributed by atoms with E-state index in [1.807, 2.05) is 24.3 Å². The van der Waals surface area contributed by atoms with Crippen LogP contribution in [-0.4, -0.2) is 46.1 Å². The van der Waals surface area contributed by atoms with E-state index in [1.54, 1.807) is 9.80 Å². The molecule has 0 radical (unpaired) electrons. The standard InChI is InChI=1S/C21H24N4O3/c26-19-10-9-17(21(28)24-14-11-16-7-3-4-8-18(16)24)22-25(19)15-20(27)23-12-5-1-2-6-13-23/h3-4,7-10H,1-2,5-6,11-15H2. The molecule has 1 aromatic heterocycles. The molecule has 28 heavy (non-hydrogen) atoms. The van der Waals surface area contributed by atoms with Gasteiger partial charge in [-0.1, -0.05) is 31.0 Å². The van der Waals surface area contributed by atoms with Crippen molar-refractivity contribution in [2.75, 3.05) is 24.5 Å². The van der Waals surface area contributed by atoms with E-state index in [2.05, 4.69) is 5.10 Å². The second-order valence-electron chi connectivity index (χ2n) is 7.34. The molecule has 2 aromatic rings. The first kappa shape index (κ1) is 18.4. The molecule has 1 fully saturated rings. The number of benzene rings is 1. The summed E-state index contributed by atoms with van der Waals surface area (Å²) in [6.45, 7) is 1.90. The summed E-state index contributed by atoms with van der Waals surface area (Å²) >= 11 is 0. The molecule has 0 atom stereocenters. The molecule has 0 aliphatic carbocycles. The van der Waals surface area contributed by atoms with Gasteiger partial charge in [-0.2, -0.15) is 5.10 Å². The van der Waals surface area contributed by atoms with Crippen LogP contribution in [0.5, 0.6) is 0 Å². The third-order valence-corrected chi connectivity index (χ3v) is 5.46. The van der Waals surface area contributed by atoms with Crippen molar-refractivity contribution in [1.82, 2.24) is 14.7 Å². The Bertz CT molecular complexity index is 945.